The highest BCUT2D eigenvalue weighted by Gasteiger charge is 2.50. The van der Waals surface area contributed by atoms with Crippen molar-refractivity contribution < 1.29 is 4.74 Å². The van der Waals surface area contributed by atoms with Crippen molar-refractivity contribution in [2.75, 3.05) is 4.90 Å². The first kappa shape index (κ1) is 24.7. The van der Waals surface area contributed by atoms with Crippen LogP contribution < -0.4 is 15.3 Å². The Hall–Kier alpha value is -3.62. The van der Waals surface area contributed by atoms with Crippen LogP contribution in [-0.2, 0) is 15.9 Å². The van der Waals surface area contributed by atoms with E-state index in [0.29, 0.717) is 0 Å². The van der Waals surface area contributed by atoms with Crippen molar-refractivity contribution in [1.82, 2.24) is 0 Å². The molecule has 3 aliphatic rings. The molecule has 0 unspecified atom stereocenters. The lowest BCUT2D eigenvalue weighted by Gasteiger charge is -2.28. The summed E-state index contributed by atoms with van der Waals surface area (Å²) in [6.07, 6.45) is 17.4. The van der Waals surface area contributed by atoms with Crippen molar-refractivity contribution in [3.05, 3.63) is 119 Å². The van der Waals surface area contributed by atoms with Gasteiger partial charge in [0.05, 0.1) is 16.9 Å². The number of hydrogen-bond acceptors (Lipinski definition) is 2. The van der Waals surface area contributed by atoms with Gasteiger partial charge >= 0.3 is 0 Å². The van der Waals surface area contributed by atoms with Crippen molar-refractivity contribution >= 4 is 23.5 Å². The molecule has 2 heteroatoms. The smallest absolute Gasteiger partial charge is 0.0946 e. The van der Waals surface area contributed by atoms with E-state index in [1.165, 1.54) is 45.5 Å². The van der Waals surface area contributed by atoms with E-state index < -0.39 is 0 Å². The zero-order chi connectivity index (χ0) is 26.3. The quantitative estimate of drug-likeness (QED) is 0.317. The van der Waals surface area contributed by atoms with Crippen molar-refractivity contribution in [1.29, 1.82) is 0 Å². The van der Waals surface area contributed by atoms with Crippen LogP contribution in [0.4, 0.5) is 11.4 Å². The molecule has 0 atom stereocenters. The molecule has 38 heavy (non-hydrogen) atoms. The molecule has 192 valence electrons. The van der Waals surface area contributed by atoms with Crippen molar-refractivity contribution in [2.24, 2.45) is 0 Å². The molecule has 0 N–H and O–H groups in total. The lowest BCUT2D eigenvalue weighted by atomic mass is 9.85. The van der Waals surface area contributed by atoms with Gasteiger partial charge < -0.3 is 9.64 Å². The molecule has 0 radical (unpaired) electrons. The molecule has 1 spiro atoms. The molecule has 3 aromatic carbocycles. The number of benzene rings is 3. The van der Waals surface area contributed by atoms with Crippen molar-refractivity contribution in [2.45, 2.75) is 63.6 Å². The standard InChI is InChI=1S/C36H37NO/c1-5-14-27(6-2)37(28-15-8-7-9-16-28)34-22-20-29(30-17-10-11-18-31(30)34)26-19-21-32-33(25-26)35(3,4)38-36(32)23-12-13-24-36/h5-9,14-22,25H,1-2,10-13,23-24H2,3-4H3/b27-14+. The van der Waals surface area contributed by atoms with Gasteiger partial charge in [0.25, 0.3) is 0 Å². The summed E-state index contributed by atoms with van der Waals surface area (Å²) in [5.74, 6) is 0. The van der Waals surface area contributed by atoms with Crippen LogP contribution in [0.2, 0.25) is 0 Å². The van der Waals surface area contributed by atoms with Gasteiger partial charge in [-0.25, -0.2) is 0 Å². The summed E-state index contributed by atoms with van der Waals surface area (Å²) in [6, 6.07) is 22.2. The third kappa shape index (κ3) is 3.99. The Labute approximate surface area is 227 Å². The molecule has 1 fully saturated rings. The number of para-hydroxylation sites is 1. The number of fused-ring (bicyclic) bond motifs is 3. The van der Waals surface area contributed by atoms with Crippen LogP contribution in [0.3, 0.4) is 0 Å². The molecule has 3 aromatic rings. The average Bonchev–Trinajstić information content (AvgIpc) is 3.50. The first-order chi connectivity index (χ1) is 18.5. The van der Waals surface area contributed by atoms with Crippen LogP contribution in [-0.4, -0.2) is 0 Å². The average molecular weight is 500 g/mol. The molecule has 2 aliphatic carbocycles. The Balaban J connectivity index is 1.53. The minimum Gasteiger partial charge on any atom is -0.360 e. The molecule has 6 rings (SSSR count). The molecule has 2 nitrogen and oxygen atoms in total. The fourth-order valence-electron chi connectivity index (χ4n) is 6.84. The molecule has 1 aliphatic heterocycles. The Bertz CT molecular complexity index is 1550. The zero-order valence-electron chi connectivity index (χ0n) is 22.7. The van der Waals surface area contributed by atoms with Crippen LogP contribution >= 0.6 is 0 Å². The third-order valence-electron chi connectivity index (χ3n) is 8.47. The zero-order valence-corrected chi connectivity index (χ0v) is 22.7. The molecular formula is C36H37NO. The van der Waals surface area contributed by atoms with Crippen LogP contribution in [0.15, 0.2) is 97.7 Å². The maximum absolute atomic E-state index is 6.79. The first-order valence-corrected chi connectivity index (χ1v) is 14.0. The summed E-state index contributed by atoms with van der Waals surface area (Å²) in [5, 5.41) is 2.58. The van der Waals surface area contributed by atoms with Gasteiger partial charge in [-0.1, -0.05) is 80.6 Å². The van der Waals surface area contributed by atoms with Gasteiger partial charge in [0.15, 0.2) is 0 Å². The second kappa shape index (κ2) is 9.60. The SMILES string of the molecule is C=C/C=C(\C=C)N(c1ccccc1)c1ccc(-c2ccc3c(c2)C(C)(C)OC32CCCC2)c2c1=CCCC=2. The van der Waals surface area contributed by atoms with Crippen LogP contribution in [0, 0.1) is 0 Å². The summed E-state index contributed by atoms with van der Waals surface area (Å²) in [6.45, 7) is 12.5. The predicted octanol–water partition coefficient (Wildman–Crippen LogP) is 8.14. The second-order valence-corrected chi connectivity index (χ2v) is 11.2. The molecule has 0 saturated heterocycles. The van der Waals surface area contributed by atoms with E-state index in [1.807, 2.05) is 18.2 Å². The number of allylic oxidation sites excluding steroid dienone is 3. The monoisotopic (exact) mass is 499 g/mol. The van der Waals surface area contributed by atoms with E-state index in [1.54, 1.807) is 0 Å². The largest absolute Gasteiger partial charge is 0.360 e. The van der Waals surface area contributed by atoms with Crippen molar-refractivity contribution in [3.63, 3.8) is 0 Å². The normalized spacial score (nSPS) is 18.7. The lowest BCUT2D eigenvalue weighted by Crippen LogP contribution is -2.34. The van der Waals surface area contributed by atoms with E-state index in [-0.39, 0.29) is 11.2 Å². The highest BCUT2D eigenvalue weighted by atomic mass is 16.5. The maximum atomic E-state index is 6.79. The number of ether oxygens (including phenoxy) is 1. The summed E-state index contributed by atoms with van der Waals surface area (Å²) in [7, 11) is 0. The van der Waals surface area contributed by atoms with Crippen molar-refractivity contribution in [3.8, 4) is 11.1 Å². The van der Waals surface area contributed by atoms with Gasteiger partial charge in [-0.2, -0.15) is 0 Å². The van der Waals surface area contributed by atoms with E-state index in [0.717, 1.165) is 42.8 Å². The van der Waals surface area contributed by atoms with Gasteiger partial charge in [-0.15, -0.1) is 0 Å². The van der Waals surface area contributed by atoms with Gasteiger partial charge in [0.1, 0.15) is 0 Å². The Morgan fingerprint density at radius 1 is 0.868 bits per heavy atom. The minimum absolute atomic E-state index is 0.0880. The van der Waals surface area contributed by atoms with E-state index in [9.17, 15) is 0 Å². The topological polar surface area (TPSA) is 12.5 Å². The van der Waals surface area contributed by atoms with Gasteiger partial charge in [0.2, 0.25) is 0 Å². The molecule has 1 saturated carbocycles. The Morgan fingerprint density at radius 3 is 2.32 bits per heavy atom. The number of hydrogen-bond donors (Lipinski definition) is 0. The van der Waals surface area contributed by atoms with Gasteiger partial charge in [-0.3, -0.25) is 0 Å². The molecule has 0 amide bonds. The van der Waals surface area contributed by atoms with E-state index in [2.05, 4.69) is 105 Å². The lowest BCUT2D eigenvalue weighted by molar-refractivity contribution is -0.122. The summed E-state index contributed by atoms with van der Waals surface area (Å²) in [4.78, 5) is 2.29. The van der Waals surface area contributed by atoms with Gasteiger partial charge in [-0.05, 0) is 103 Å². The molecule has 0 bridgehead atoms. The fourth-order valence-corrected chi connectivity index (χ4v) is 6.84. The number of nitrogens with zero attached hydrogens (tertiary/aromatic N) is 1. The van der Waals surface area contributed by atoms with Crippen LogP contribution in [0.1, 0.15) is 63.5 Å². The molecular weight excluding hydrogens is 462 g/mol. The van der Waals surface area contributed by atoms with Gasteiger partial charge in [0, 0.05) is 16.6 Å². The molecule has 0 aromatic heterocycles. The first-order valence-electron chi connectivity index (χ1n) is 14.0. The fraction of sp³-hybridized carbons (Fsp3) is 0.278. The van der Waals surface area contributed by atoms with E-state index in [4.69, 9.17) is 4.74 Å². The number of rotatable bonds is 6. The summed E-state index contributed by atoms with van der Waals surface area (Å²) < 4.78 is 6.79. The summed E-state index contributed by atoms with van der Waals surface area (Å²) >= 11 is 0. The minimum atomic E-state index is -0.274. The predicted molar refractivity (Wildman–Crippen MR) is 161 cm³/mol. The van der Waals surface area contributed by atoms with Crippen LogP contribution in [0.25, 0.3) is 23.3 Å². The highest BCUT2D eigenvalue weighted by molar-refractivity contribution is 5.77. The summed E-state index contributed by atoms with van der Waals surface area (Å²) in [5.41, 5.74) is 8.21. The van der Waals surface area contributed by atoms with Crippen LogP contribution in [0.5, 0.6) is 0 Å². The highest BCUT2D eigenvalue weighted by Crippen LogP contribution is 2.55. The Kier molecular flexibility index (Phi) is 6.24. The van der Waals surface area contributed by atoms with E-state index >= 15 is 0 Å². The second-order valence-electron chi connectivity index (χ2n) is 11.2. The number of anilines is 2. The third-order valence-corrected chi connectivity index (χ3v) is 8.47. The molecule has 1 heterocycles. The Morgan fingerprint density at radius 2 is 1.61 bits per heavy atom. The maximum Gasteiger partial charge on any atom is 0.0946 e.